The predicted molar refractivity (Wildman–Crippen MR) is 59.7 cm³/mol. The number of ether oxygens (including phenoxy) is 2. The molecule has 1 aromatic heterocycles. The third-order valence-electron chi connectivity index (χ3n) is 2.34. The lowest BCUT2D eigenvalue weighted by molar-refractivity contribution is -0.155. The highest BCUT2D eigenvalue weighted by atomic mass is 16.7. The minimum absolute atomic E-state index is 0.251. The van der Waals surface area contributed by atoms with Crippen LogP contribution in [0.15, 0.2) is 6.20 Å². The molecule has 94 valence electrons. The lowest BCUT2D eigenvalue weighted by Gasteiger charge is -2.10. The molecule has 0 amide bonds. The van der Waals surface area contributed by atoms with Gasteiger partial charge in [0.05, 0.1) is 17.7 Å². The van der Waals surface area contributed by atoms with Gasteiger partial charge in [-0.2, -0.15) is 5.10 Å². The van der Waals surface area contributed by atoms with Crippen LogP contribution < -0.4 is 0 Å². The molecule has 0 bridgehead atoms. The van der Waals surface area contributed by atoms with Crippen LogP contribution in [0.5, 0.6) is 0 Å². The number of aryl methyl sites for hydroxylation is 2. The van der Waals surface area contributed by atoms with Crippen molar-refractivity contribution >= 4 is 11.6 Å². The number of methoxy groups -OCH3 is 2. The number of nitrogens with zero attached hydrogens (tertiary/aromatic N) is 2. The highest BCUT2D eigenvalue weighted by Crippen LogP contribution is 2.10. The lowest BCUT2D eigenvalue weighted by atomic mass is 10.1. The Morgan fingerprint density at radius 2 is 2.00 bits per heavy atom. The number of ketones is 2. The van der Waals surface area contributed by atoms with Gasteiger partial charge in [-0.05, 0) is 6.92 Å². The molecule has 6 nitrogen and oxygen atoms in total. The van der Waals surface area contributed by atoms with Crippen molar-refractivity contribution in [3.8, 4) is 0 Å². The van der Waals surface area contributed by atoms with E-state index in [1.807, 2.05) is 0 Å². The van der Waals surface area contributed by atoms with E-state index >= 15 is 0 Å². The molecule has 0 unspecified atom stereocenters. The lowest BCUT2D eigenvalue weighted by Crippen LogP contribution is -2.27. The average Bonchev–Trinajstić information content (AvgIpc) is 2.59. The molecular formula is C11H16N2O4. The Balaban J connectivity index is 2.73. The van der Waals surface area contributed by atoms with Crippen LogP contribution in [0.1, 0.15) is 22.5 Å². The van der Waals surface area contributed by atoms with Crippen LogP contribution in [0.4, 0.5) is 0 Å². The standard InChI is InChI=1S/C11H16N2O4/c1-7-8(6-13(2)12-7)9(14)5-10(15)11(16-3)17-4/h6,11H,5H2,1-4H3. The topological polar surface area (TPSA) is 70.4 Å². The molecule has 0 aromatic carbocycles. The van der Waals surface area contributed by atoms with Crippen LogP contribution in [0.25, 0.3) is 0 Å². The van der Waals surface area contributed by atoms with Gasteiger partial charge in [-0.3, -0.25) is 14.3 Å². The molecule has 0 saturated carbocycles. The third kappa shape index (κ3) is 3.21. The second kappa shape index (κ2) is 5.70. The number of aromatic nitrogens is 2. The molecular weight excluding hydrogens is 224 g/mol. The van der Waals surface area contributed by atoms with Crippen molar-refractivity contribution in [1.29, 1.82) is 0 Å². The summed E-state index contributed by atoms with van der Waals surface area (Å²) in [6.07, 6.45) is 0.356. The van der Waals surface area contributed by atoms with Crippen molar-refractivity contribution in [2.45, 2.75) is 19.6 Å². The molecule has 1 aromatic rings. The van der Waals surface area contributed by atoms with Gasteiger partial charge in [0.1, 0.15) is 0 Å². The van der Waals surface area contributed by atoms with Crippen molar-refractivity contribution in [1.82, 2.24) is 9.78 Å². The summed E-state index contributed by atoms with van der Waals surface area (Å²) in [5.41, 5.74) is 1.06. The van der Waals surface area contributed by atoms with E-state index in [9.17, 15) is 9.59 Å². The number of hydrogen-bond donors (Lipinski definition) is 0. The minimum atomic E-state index is -0.990. The van der Waals surface area contributed by atoms with Gasteiger partial charge in [0.15, 0.2) is 11.6 Å². The Bertz CT molecular complexity index is 421. The number of carbonyl (C=O) groups is 2. The highest BCUT2D eigenvalue weighted by Gasteiger charge is 2.22. The molecule has 6 heteroatoms. The molecule has 0 aliphatic carbocycles. The number of carbonyl (C=O) groups excluding carboxylic acids is 2. The van der Waals surface area contributed by atoms with E-state index in [1.165, 1.54) is 18.9 Å². The molecule has 0 fully saturated rings. The summed E-state index contributed by atoms with van der Waals surface area (Å²) in [7, 11) is 4.43. The van der Waals surface area contributed by atoms with Crippen molar-refractivity contribution in [2.24, 2.45) is 7.05 Å². The first-order valence-corrected chi connectivity index (χ1v) is 5.11. The second-order valence-electron chi connectivity index (χ2n) is 3.67. The predicted octanol–water partition coefficient (Wildman–Crippen LogP) is 0.489. The maximum atomic E-state index is 11.8. The zero-order valence-corrected chi connectivity index (χ0v) is 10.4. The molecule has 0 saturated heterocycles. The minimum Gasteiger partial charge on any atom is -0.349 e. The molecule has 1 heterocycles. The summed E-state index contributed by atoms with van der Waals surface area (Å²) in [4.78, 5) is 23.4. The van der Waals surface area contributed by atoms with E-state index in [-0.39, 0.29) is 12.2 Å². The van der Waals surface area contributed by atoms with Gasteiger partial charge in [0.2, 0.25) is 6.29 Å². The largest absolute Gasteiger partial charge is 0.349 e. The summed E-state index contributed by atoms with van der Waals surface area (Å²) in [5.74, 6) is -0.678. The van der Waals surface area contributed by atoms with E-state index in [0.29, 0.717) is 11.3 Å². The van der Waals surface area contributed by atoms with Gasteiger partial charge in [-0.15, -0.1) is 0 Å². The third-order valence-corrected chi connectivity index (χ3v) is 2.34. The first-order chi connectivity index (χ1) is 7.99. The van der Waals surface area contributed by atoms with Crippen LogP contribution in [0, 0.1) is 6.92 Å². The quantitative estimate of drug-likeness (QED) is 0.411. The molecule has 0 N–H and O–H groups in total. The van der Waals surface area contributed by atoms with E-state index < -0.39 is 12.1 Å². The van der Waals surface area contributed by atoms with Gasteiger partial charge in [-0.25, -0.2) is 0 Å². The van der Waals surface area contributed by atoms with Gasteiger partial charge < -0.3 is 9.47 Å². The zero-order chi connectivity index (χ0) is 13.0. The Hall–Kier alpha value is -1.53. The van der Waals surface area contributed by atoms with E-state index in [4.69, 9.17) is 9.47 Å². The highest BCUT2D eigenvalue weighted by molar-refractivity contribution is 6.09. The Morgan fingerprint density at radius 1 is 1.41 bits per heavy atom. The van der Waals surface area contributed by atoms with Crippen molar-refractivity contribution in [2.75, 3.05) is 14.2 Å². The molecule has 0 spiro atoms. The van der Waals surface area contributed by atoms with Crippen molar-refractivity contribution < 1.29 is 19.1 Å². The fourth-order valence-electron chi connectivity index (χ4n) is 1.57. The molecule has 0 aliphatic rings. The van der Waals surface area contributed by atoms with E-state index in [1.54, 1.807) is 20.2 Å². The molecule has 1 rings (SSSR count). The van der Waals surface area contributed by atoms with Gasteiger partial charge in [0.25, 0.3) is 0 Å². The first-order valence-electron chi connectivity index (χ1n) is 5.11. The summed E-state index contributed by atoms with van der Waals surface area (Å²) in [6.45, 7) is 1.72. The Morgan fingerprint density at radius 3 is 2.41 bits per heavy atom. The zero-order valence-electron chi connectivity index (χ0n) is 10.4. The second-order valence-corrected chi connectivity index (χ2v) is 3.67. The maximum Gasteiger partial charge on any atom is 0.217 e. The van der Waals surface area contributed by atoms with E-state index in [2.05, 4.69) is 5.10 Å². The number of hydrogen-bond acceptors (Lipinski definition) is 5. The molecule has 0 aliphatic heterocycles. The fraction of sp³-hybridized carbons (Fsp3) is 0.545. The molecule has 17 heavy (non-hydrogen) atoms. The van der Waals surface area contributed by atoms with Crippen molar-refractivity contribution in [3.05, 3.63) is 17.5 Å². The number of rotatable bonds is 6. The first kappa shape index (κ1) is 13.5. The Kier molecular flexibility index (Phi) is 4.53. The average molecular weight is 240 g/mol. The summed E-state index contributed by atoms with van der Waals surface area (Å²) in [6, 6.07) is 0. The molecule has 0 atom stereocenters. The van der Waals surface area contributed by atoms with Gasteiger partial charge in [-0.1, -0.05) is 0 Å². The van der Waals surface area contributed by atoms with Gasteiger partial charge >= 0.3 is 0 Å². The normalized spacial score (nSPS) is 10.9. The Labute approximate surface area is 99.5 Å². The smallest absolute Gasteiger partial charge is 0.217 e. The SMILES string of the molecule is COC(OC)C(=O)CC(=O)c1cn(C)nc1C. The summed E-state index contributed by atoms with van der Waals surface area (Å²) >= 11 is 0. The van der Waals surface area contributed by atoms with E-state index in [0.717, 1.165) is 0 Å². The van der Waals surface area contributed by atoms with Crippen LogP contribution in [-0.4, -0.2) is 41.9 Å². The maximum absolute atomic E-state index is 11.8. The van der Waals surface area contributed by atoms with Gasteiger partial charge in [0, 0.05) is 27.5 Å². The van der Waals surface area contributed by atoms with Crippen LogP contribution in [-0.2, 0) is 21.3 Å². The monoisotopic (exact) mass is 240 g/mol. The van der Waals surface area contributed by atoms with Crippen LogP contribution in [0.2, 0.25) is 0 Å². The fourth-order valence-corrected chi connectivity index (χ4v) is 1.57. The number of Topliss-reactive ketones (excluding diaryl/α,β-unsaturated/α-hetero) is 2. The van der Waals surface area contributed by atoms with Crippen LogP contribution in [0.3, 0.4) is 0 Å². The van der Waals surface area contributed by atoms with Crippen LogP contribution >= 0.6 is 0 Å². The summed E-state index contributed by atoms with van der Waals surface area (Å²) in [5, 5.41) is 4.05. The molecule has 0 radical (unpaired) electrons. The summed E-state index contributed by atoms with van der Waals surface area (Å²) < 4.78 is 11.1. The van der Waals surface area contributed by atoms with Crippen molar-refractivity contribution in [3.63, 3.8) is 0 Å².